The summed E-state index contributed by atoms with van der Waals surface area (Å²) in [5.41, 5.74) is 0. The molecule has 0 saturated carbocycles. The van der Waals surface area contributed by atoms with E-state index in [1.807, 2.05) is 0 Å². The van der Waals surface area contributed by atoms with Gasteiger partial charge in [-0.2, -0.15) is 0 Å². The Morgan fingerprint density at radius 2 is 1.10 bits per heavy atom. The molecule has 7 heteroatoms. The highest BCUT2D eigenvalue weighted by atomic mass is 16.5. The summed E-state index contributed by atoms with van der Waals surface area (Å²) >= 11 is 0. The van der Waals surface area contributed by atoms with Crippen molar-refractivity contribution in [2.75, 3.05) is 46.2 Å². The molecule has 0 fully saturated rings. The Bertz CT molecular complexity index is 406. The second-order valence-electron chi connectivity index (χ2n) is 8.06. The SMILES string of the molecule is CCCCCCCCCCCCCCCCOCCOCCNC(=O)COCC(=O)O. The summed E-state index contributed by atoms with van der Waals surface area (Å²) in [6.07, 6.45) is 19.0. The molecule has 0 aromatic rings. The van der Waals surface area contributed by atoms with E-state index in [4.69, 9.17) is 14.6 Å². The van der Waals surface area contributed by atoms with Gasteiger partial charge >= 0.3 is 5.97 Å². The van der Waals surface area contributed by atoms with Gasteiger partial charge in [0.05, 0.1) is 19.8 Å². The van der Waals surface area contributed by atoms with Gasteiger partial charge in [-0.15, -0.1) is 0 Å². The number of carbonyl (C=O) groups excluding carboxylic acids is 1. The van der Waals surface area contributed by atoms with Gasteiger partial charge in [-0.25, -0.2) is 4.79 Å². The quantitative estimate of drug-likeness (QED) is 0.198. The van der Waals surface area contributed by atoms with Crippen LogP contribution in [0.2, 0.25) is 0 Å². The van der Waals surface area contributed by atoms with Crippen molar-refractivity contribution in [1.29, 1.82) is 0 Å². The number of carboxylic acids is 1. The minimum Gasteiger partial charge on any atom is -0.480 e. The van der Waals surface area contributed by atoms with Crippen molar-refractivity contribution in [2.24, 2.45) is 0 Å². The molecule has 0 aliphatic carbocycles. The van der Waals surface area contributed by atoms with E-state index in [1.54, 1.807) is 0 Å². The number of nitrogens with one attached hydrogen (secondary N) is 1. The molecule has 0 saturated heterocycles. The van der Waals surface area contributed by atoms with Crippen LogP contribution in [0.25, 0.3) is 0 Å². The lowest BCUT2D eigenvalue weighted by Crippen LogP contribution is -2.31. The molecule has 0 aromatic carbocycles. The highest BCUT2D eigenvalue weighted by Gasteiger charge is 2.03. The topological polar surface area (TPSA) is 94.1 Å². The van der Waals surface area contributed by atoms with Crippen molar-refractivity contribution in [3.8, 4) is 0 Å². The molecule has 0 rings (SSSR count). The van der Waals surface area contributed by atoms with Crippen LogP contribution < -0.4 is 5.32 Å². The normalized spacial score (nSPS) is 11.0. The Morgan fingerprint density at radius 1 is 0.613 bits per heavy atom. The summed E-state index contributed by atoms with van der Waals surface area (Å²) in [4.78, 5) is 21.6. The Balaban J connectivity index is 3.09. The molecule has 0 aliphatic rings. The van der Waals surface area contributed by atoms with E-state index >= 15 is 0 Å². The van der Waals surface area contributed by atoms with Gasteiger partial charge in [-0.05, 0) is 6.42 Å². The van der Waals surface area contributed by atoms with E-state index in [9.17, 15) is 9.59 Å². The fourth-order valence-corrected chi connectivity index (χ4v) is 3.27. The third-order valence-electron chi connectivity index (χ3n) is 5.04. The number of carbonyl (C=O) groups is 2. The molecular formula is C24H47NO6. The van der Waals surface area contributed by atoms with Crippen LogP contribution in [0.1, 0.15) is 96.8 Å². The van der Waals surface area contributed by atoms with E-state index in [1.165, 1.54) is 83.5 Å². The number of carboxylic acid groups (broad SMARTS) is 1. The molecule has 1 amide bonds. The monoisotopic (exact) mass is 445 g/mol. The van der Waals surface area contributed by atoms with Crippen LogP contribution in [-0.4, -0.2) is 63.2 Å². The lowest BCUT2D eigenvalue weighted by molar-refractivity contribution is -0.143. The van der Waals surface area contributed by atoms with Crippen molar-refractivity contribution in [3.63, 3.8) is 0 Å². The molecule has 0 atom stereocenters. The van der Waals surface area contributed by atoms with Gasteiger partial charge in [0.25, 0.3) is 0 Å². The largest absolute Gasteiger partial charge is 0.480 e. The maximum absolute atomic E-state index is 11.3. The molecule has 0 aromatic heterocycles. The molecule has 0 aliphatic heterocycles. The zero-order valence-electron chi connectivity index (χ0n) is 19.8. The van der Waals surface area contributed by atoms with E-state index in [2.05, 4.69) is 17.0 Å². The van der Waals surface area contributed by atoms with Crippen LogP contribution >= 0.6 is 0 Å². The number of hydrogen-bond acceptors (Lipinski definition) is 5. The molecule has 0 bridgehead atoms. The average Bonchev–Trinajstić information content (AvgIpc) is 2.74. The van der Waals surface area contributed by atoms with Crippen molar-refractivity contribution < 1.29 is 28.9 Å². The van der Waals surface area contributed by atoms with Crippen molar-refractivity contribution in [3.05, 3.63) is 0 Å². The fourth-order valence-electron chi connectivity index (χ4n) is 3.27. The molecule has 7 nitrogen and oxygen atoms in total. The first-order chi connectivity index (χ1) is 15.2. The van der Waals surface area contributed by atoms with Crippen LogP contribution in [0.3, 0.4) is 0 Å². The Morgan fingerprint density at radius 3 is 1.61 bits per heavy atom. The zero-order chi connectivity index (χ0) is 22.8. The Labute approximate surface area is 189 Å². The summed E-state index contributed by atoms with van der Waals surface area (Å²) in [6, 6.07) is 0. The molecule has 0 spiro atoms. The van der Waals surface area contributed by atoms with E-state index < -0.39 is 12.6 Å². The van der Waals surface area contributed by atoms with E-state index in [0.717, 1.165) is 13.0 Å². The number of ether oxygens (including phenoxy) is 3. The standard InChI is InChI=1S/C24H47NO6/c1-2-3-4-5-6-7-8-9-10-11-12-13-14-15-17-29-19-20-30-18-16-25-23(26)21-31-22-24(27)28/h2-22H2,1H3,(H,25,26)(H,27,28). The van der Waals surface area contributed by atoms with E-state index in [0.29, 0.717) is 26.4 Å². The predicted octanol–water partition coefficient (Wildman–Crippen LogP) is 4.72. The summed E-state index contributed by atoms with van der Waals surface area (Å²) in [5, 5.41) is 11.0. The first-order valence-corrected chi connectivity index (χ1v) is 12.4. The smallest absolute Gasteiger partial charge is 0.329 e. The molecule has 31 heavy (non-hydrogen) atoms. The lowest BCUT2D eigenvalue weighted by Gasteiger charge is -2.07. The van der Waals surface area contributed by atoms with Gasteiger partial charge in [-0.1, -0.05) is 90.4 Å². The molecule has 0 heterocycles. The number of unbranched alkanes of at least 4 members (excludes halogenated alkanes) is 13. The lowest BCUT2D eigenvalue weighted by atomic mass is 10.0. The van der Waals surface area contributed by atoms with Crippen LogP contribution in [0.15, 0.2) is 0 Å². The minimum atomic E-state index is -1.09. The van der Waals surface area contributed by atoms with Crippen molar-refractivity contribution >= 4 is 11.9 Å². The maximum Gasteiger partial charge on any atom is 0.329 e. The first-order valence-electron chi connectivity index (χ1n) is 12.4. The molecule has 0 unspecified atom stereocenters. The number of hydrogen-bond donors (Lipinski definition) is 2. The molecular weight excluding hydrogens is 398 g/mol. The third-order valence-corrected chi connectivity index (χ3v) is 5.04. The second-order valence-corrected chi connectivity index (χ2v) is 8.06. The van der Waals surface area contributed by atoms with Gasteiger partial charge in [0.15, 0.2) is 0 Å². The zero-order valence-corrected chi connectivity index (χ0v) is 19.8. The molecule has 184 valence electrons. The number of rotatable bonds is 25. The summed E-state index contributed by atoms with van der Waals surface area (Å²) in [6.45, 7) is 4.15. The van der Waals surface area contributed by atoms with Crippen LogP contribution in [0.5, 0.6) is 0 Å². The highest BCUT2D eigenvalue weighted by molar-refractivity contribution is 5.77. The first kappa shape index (κ1) is 29.8. The fraction of sp³-hybridized carbons (Fsp3) is 0.917. The van der Waals surface area contributed by atoms with Crippen LogP contribution in [0.4, 0.5) is 0 Å². The molecule has 0 radical (unpaired) electrons. The Hall–Kier alpha value is -1.18. The predicted molar refractivity (Wildman–Crippen MR) is 123 cm³/mol. The average molecular weight is 446 g/mol. The summed E-state index contributed by atoms with van der Waals surface area (Å²) in [7, 11) is 0. The van der Waals surface area contributed by atoms with Gasteiger partial charge in [-0.3, -0.25) is 4.79 Å². The molecule has 2 N–H and O–H groups in total. The van der Waals surface area contributed by atoms with Gasteiger partial charge in [0.2, 0.25) is 5.91 Å². The third kappa shape index (κ3) is 26.8. The Kier molecular flexibility index (Phi) is 24.1. The maximum atomic E-state index is 11.3. The summed E-state index contributed by atoms with van der Waals surface area (Å²) in [5.74, 6) is -1.44. The van der Waals surface area contributed by atoms with Crippen molar-refractivity contribution in [2.45, 2.75) is 96.8 Å². The number of amides is 1. The van der Waals surface area contributed by atoms with Crippen molar-refractivity contribution in [1.82, 2.24) is 5.32 Å². The van der Waals surface area contributed by atoms with Gasteiger partial charge in [0, 0.05) is 13.2 Å². The minimum absolute atomic E-state index is 0.255. The van der Waals surface area contributed by atoms with Crippen LogP contribution in [0, 0.1) is 0 Å². The number of aliphatic carboxylic acids is 1. The van der Waals surface area contributed by atoms with Gasteiger partial charge < -0.3 is 24.6 Å². The van der Waals surface area contributed by atoms with E-state index in [-0.39, 0.29) is 12.5 Å². The van der Waals surface area contributed by atoms with Gasteiger partial charge in [0.1, 0.15) is 13.2 Å². The highest BCUT2D eigenvalue weighted by Crippen LogP contribution is 2.12. The second kappa shape index (κ2) is 25.1. The van der Waals surface area contributed by atoms with Crippen LogP contribution in [-0.2, 0) is 23.8 Å². The summed E-state index contributed by atoms with van der Waals surface area (Å²) < 4.78 is 15.6.